The van der Waals surface area contributed by atoms with Crippen LogP contribution in [-0.4, -0.2) is 33.3 Å². The summed E-state index contributed by atoms with van der Waals surface area (Å²) in [5, 5.41) is 15.5. The molecule has 2 N–H and O–H groups in total. The highest BCUT2D eigenvalue weighted by atomic mass is 16.4. The van der Waals surface area contributed by atoms with Gasteiger partial charge in [0.1, 0.15) is 12.2 Å². The summed E-state index contributed by atoms with van der Waals surface area (Å²) < 4.78 is 1.26. The fourth-order valence-electron chi connectivity index (χ4n) is 3.68. The molecule has 0 bridgehead atoms. The topological polar surface area (TPSA) is 84.2 Å². The quantitative estimate of drug-likeness (QED) is 0.254. The Balaban J connectivity index is 1.84. The Morgan fingerprint density at radius 3 is 1.77 bits per heavy atom. The third-order valence-electron chi connectivity index (χ3n) is 5.49. The van der Waals surface area contributed by atoms with Crippen molar-refractivity contribution in [1.82, 2.24) is 15.1 Å². The van der Waals surface area contributed by atoms with Crippen LogP contribution in [0.5, 0.6) is 0 Å². The fraction of sp³-hybridized carbons (Fsp3) is 0.792. The molecular weight excluding hydrogens is 378 g/mol. The summed E-state index contributed by atoms with van der Waals surface area (Å²) in [7, 11) is 0. The van der Waals surface area contributed by atoms with Gasteiger partial charge in [0.25, 0.3) is 5.91 Å². The number of carboxylic acids is 1. The van der Waals surface area contributed by atoms with Crippen molar-refractivity contribution in [2.75, 3.05) is 6.54 Å². The number of carbonyl (C=O) groups excluding carboxylic acids is 1. The van der Waals surface area contributed by atoms with E-state index in [0.717, 1.165) is 12.8 Å². The van der Waals surface area contributed by atoms with E-state index in [4.69, 9.17) is 5.11 Å². The van der Waals surface area contributed by atoms with Crippen LogP contribution in [0.15, 0.2) is 12.3 Å². The van der Waals surface area contributed by atoms with Crippen molar-refractivity contribution in [3.8, 4) is 0 Å². The van der Waals surface area contributed by atoms with Crippen molar-refractivity contribution in [2.24, 2.45) is 0 Å². The van der Waals surface area contributed by atoms with Gasteiger partial charge in [-0.1, -0.05) is 103 Å². The molecule has 30 heavy (non-hydrogen) atoms. The molecule has 0 atom stereocenters. The number of carbonyl (C=O) groups is 2. The number of carboxylic acid groups (broad SMARTS) is 1. The van der Waals surface area contributed by atoms with E-state index in [-0.39, 0.29) is 18.1 Å². The molecule has 6 nitrogen and oxygen atoms in total. The van der Waals surface area contributed by atoms with Crippen LogP contribution in [0.2, 0.25) is 0 Å². The molecule has 0 aliphatic rings. The highest BCUT2D eigenvalue weighted by Gasteiger charge is 2.09. The molecule has 0 unspecified atom stereocenters. The van der Waals surface area contributed by atoms with Crippen LogP contribution in [0.3, 0.4) is 0 Å². The lowest BCUT2D eigenvalue weighted by Crippen LogP contribution is -2.25. The number of nitrogens with one attached hydrogen (secondary N) is 1. The van der Waals surface area contributed by atoms with Gasteiger partial charge in [0.05, 0.1) is 0 Å². The first-order valence-electron chi connectivity index (χ1n) is 12.2. The Bertz CT molecular complexity index is 572. The number of aromatic nitrogens is 2. The molecule has 1 amide bonds. The second-order valence-corrected chi connectivity index (χ2v) is 8.35. The average Bonchev–Trinajstić information content (AvgIpc) is 3.18. The molecule has 6 heteroatoms. The van der Waals surface area contributed by atoms with E-state index in [1.54, 1.807) is 6.07 Å². The van der Waals surface area contributed by atoms with Crippen LogP contribution in [0.4, 0.5) is 0 Å². The molecule has 1 aromatic heterocycles. The van der Waals surface area contributed by atoms with Gasteiger partial charge >= 0.3 is 5.97 Å². The molecule has 0 radical (unpaired) electrons. The van der Waals surface area contributed by atoms with Gasteiger partial charge in [-0.05, 0) is 12.5 Å². The fourth-order valence-corrected chi connectivity index (χ4v) is 3.68. The first-order chi connectivity index (χ1) is 14.6. The smallest absolute Gasteiger partial charge is 0.325 e. The van der Waals surface area contributed by atoms with Crippen LogP contribution in [0, 0.1) is 0 Å². The summed E-state index contributed by atoms with van der Waals surface area (Å²) in [6.45, 7) is 2.68. The van der Waals surface area contributed by atoms with Crippen molar-refractivity contribution < 1.29 is 14.7 Å². The molecule has 0 saturated carbocycles. The number of aliphatic carboxylic acids is 1. The minimum Gasteiger partial charge on any atom is -0.480 e. The molecule has 172 valence electrons. The van der Waals surface area contributed by atoms with Gasteiger partial charge in [0.2, 0.25) is 0 Å². The first kappa shape index (κ1) is 26.2. The van der Waals surface area contributed by atoms with Gasteiger partial charge < -0.3 is 10.4 Å². The van der Waals surface area contributed by atoms with Crippen molar-refractivity contribution in [3.05, 3.63) is 18.0 Å². The lowest BCUT2D eigenvalue weighted by atomic mass is 10.0. The number of nitrogens with zero attached hydrogens (tertiary/aromatic N) is 2. The van der Waals surface area contributed by atoms with Gasteiger partial charge in [-0.25, -0.2) is 0 Å². The Morgan fingerprint density at radius 1 is 0.833 bits per heavy atom. The highest BCUT2D eigenvalue weighted by molar-refractivity contribution is 5.92. The lowest BCUT2D eigenvalue weighted by Gasteiger charge is -2.04. The second-order valence-electron chi connectivity index (χ2n) is 8.35. The number of rotatable bonds is 20. The van der Waals surface area contributed by atoms with Gasteiger partial charge in [-0.15, -0.1) is 0 Å². The van der Waals surface area contributed by atoms with E-state index in [1.807, 2.05) is 0 Å². The summed E-state index contributed by atoms with van der Waals surface area (Å²) >= 11 is 0. The SMILES string of the molecule is CCCCCCCCCCCCCCCCCCNC(=O)c1ccn(CC(=O)O)n1. The maximum absolute atomic E-state index is 12.0. The summed E-state index contributed by atoms with van der Waals surface area (Å²) in [5.41, 5.74) is 0.271. The Kier molecular flexibility index (Phi) is 15.7. The van der Waals surface area contributed by atoms with Gasteiger partial charge in [-0.3, -0.25) is 14.3 Å². The normalized spacial score (nSPS) is 11.0. The van der Waals surface area contributed by atoms with Crippen LogP contribution < -0.4 is 5.32 Å². The van der Waals surface area contributed by atoms with Crippen molar-refractivity contribution >= 4 is 11.9 Å². The molecule has 0 spiro atoms. The van der Waals surface area contributed by atoms with Gasteiger partial charge in [-0.2, -0.15) is 5.10 Å². The number of hydrogen-bond donors (Lipinski definition) is 2. The Labute approximate surface area is 182 Å². The minimum atomic E-state index is -0.974. The summed E-state index contributed by atoms with van der Waals surface area (Å²) in [6, 6.07) is 1.55. The van der Waals surface area contributed by atoms with Crippen molar-refractivity contribution in [2.45, 2.75) is 116 Å². The first-order valence-corrected chi connectivity index (χ1v) is 12.2. The zero-order chi connectivity index (χ0) is 21.9. The minimum absolute atomic E-state index is 0.230. The molecule has 1 rings (SSSR count). The standard InChI is InChI=1S/C24H43N3O3/c1-2-3-4-5-6-7-8-9-10-11-12-13-14-15-16-17-19-25-24(30)22-18-20-27(26-22)21-23(28)29/h18,20H,2-17,19,21H2,1H3,(H,25,30)(H,28,29). The maximum Gasteiger partial charge on any atom is 0.325 e. The molecule has 0 aliphatic carbocycles. The summed E-state index contributed by atoms with van der Waals surface area (Å²) in [5.74, 6) is -1.21. The largest absolute Gasteiger partial charge is 0.480 e. The van der Waals surface area contributed by atoms with Crippen LogP contribution in [-0.2, 0) is 11.3 Å². The van der Waals surface area contributed by atoms with Gasteiger partial charge in [0, 0.05) is 12.7 Å². The number of unbranched alkanes of at least 4 members (excludes halogenated alkanes) is 15. The van der Waals surface area contributed by atoms with Crippen molar-refractivity contribution in [3.63, 3.8) is 0 Å². The average molecular weight is 422 g/mol. The maximum atomic E-state index is 12.0. The van der Waals surface area contributed by atoms with Crippen molar-refractivity contribution in [1.29, 1.82) is 0 Å². The lowest BCUT2D eigenvalue weighted by molar-refractivity contribution is -0.137. The highest BCUT2D eigenvalue weighted by Crippen LogP contribution is 2.13. The van der Waals surface area contributed by atoms with Crippen LogP contribution >= 0.6 is 0 Å². The molecule has 1 aromatic rings. The number of hydrogen-bond acceptors (Lipinski definition) is 3. The predicted molar refractivity (Wildman–Crippen MR) is 122 cm³/mol. The zero-order valence-electron chi connectivity index (χ0n) is 19.0. The molecule has 0 aliphatic heterocycles. The third-order valence-corrected chi connectivity index (χ3v) is 5.49. The van der Waals surface area contributed by atoms with E-state index in [9.17, 15) is 9.59 Å². The molecule has 0 aromatic carbocycles. The second kappa shape index (κ2) is 18.0. The predicted octanol–water partition coefficient (Wildman–Crippen LogP) is 5.96. The Morgan fingerprint density at radius 2 is 1.30 bits per heavy atom. The third kappa shape index (κ3) is 14.2. The van der Waals surface area contributed by atoms with E-state index >= 15 is 0 Å². The zero-order valence-corrected chi connectivity index (χ0v) is 19.0. The molecule has 0 fully saturated rings. The van der Waals surface area contributed by atoms with Gasteiger partial charge in [0.15, 0.2) is 0 Å². The molecule has 1 heterocycles. The van der Waals surface area contributed by atoms with E-state index in [2.05, 4.69) is 17.3 Å². The summed E-state index contributed by atoms with van der Waals surface area (Å²) in [6.07, 6.45) is 22.8. The van der Waals surface area contributed by atoms with Crippen LogP contribution in [0.25, 0.3) is 0 Å². The molecular formula is C24H43N3O3. The molecule has 0 saturated heterocycles. The Hall–Kier alpha value is -1.85. The number of amides is 1. The van der Waals surface area contributed by atoms with E-state index in [0.29, 0.717) is 6.54 Å². The van der Waals surface area contributed by atoms with Crippen LogP contribution in [0.1, 0.15) is 120 Å². The van der Waals surface area contributed by atoms with E-state index in [1.165, 1.54) is 101 Å². The van der Waals surface area contributed by atoms with E-state index < -0.39 is 5.97 Å². The monoisotopic (exact) mass is 421 g/mol. The summed E-state index contributed by atoms with van der Waals surface area (Å²) in [4.78, 5) is 22.6.